The summed E-state index contributed by atoms with van der Waals surface area (Å²) in [6.45, 7) is 1.88. The second-order valence-electron chi connectivity index (χ2n) is 7.07. The average Bonchev–Trinajstić information content (AvgIpc) is 3.22. The highest BCUT2D eigenvalue weighted by atomic mass is 32.2. The van der Waals surface area contributed by atoms with Crippen molar-refractivity contribution in [3.05, 3.63) is 65.0 Å². The van der Waals surface area contributed by atoms with Gasteiger partial charge in [-0.3, -0.25) is 4.79 Å². The van der Waals surface area contributed by atoms with E-state index in [1.54, 1.807) is 31.5 Å². The van der Waals surface area contributed by atoms with Crippen LogP contribution >= 0.6 is 11.3 Å². The van der Waals surface area contributed by atoms with Crippen molar-refractivity contribution in [3.63, 3.8) is 0 Å². The summed E-state index contributed by atoms with van der Waals surface area (Å²) < 4.78 is 36.3. The SMILES string of the molecule is CCOC(=O)c1c(-c2ccc(OC)cc2)csc1NC(=O)c1cccc(S(=O)(=O)N(C)C)c1. The topological polar surface area (TPSA) is 102 Å². The molecule has 0 bridgehead atoms. The molecule has 0 saturated heterocycles. The predicted molar refractivity (Wildman–Crippen MR) is 128 cm³/mol. The Morgan fingerprint density at radius 3 is 2.39 bits per heavy atom. The van der Waals surface area contributed by atoms with E-state index in [2.05, 4.69) is 5.32 Å². The van der Waals surface area contributed by atoms with Crippen molar-refractivity contribution in [1.29, 1.82) is 0 Å². The van der Waals surface area contributed by atoms with Crippen molar-refractivity contribution >= 4 is 38.2 Å². The molecule has 1 amide bonds. The molecule has 3 rings (SSSR count). The van der Waals surface area contributed by atoms with Crippen molar-refractivity contribution in [2.45, 2.75) is 11.8 Å². The molecule has 0 spiro atoms. The number of sulfonamides is 1. The zero-order valence-corrected chi connectivity index (χ0v) is 20.2. The molecule has 3 aromatic rings. The molecular weight excluding hydrogens is 464 g/mol. The van der Waals surface area contributed by atoms with E-state index in [1.165, 1.54) is 49.7 Å². The van der Waals surface area contributed by atoms with Gasteiger partial charge in [0.2, 0.25) is 10.0 Å². The predicted octanol–water partition coefficient (Wildman–Crippen LogP) is 4.10. The Morgan fingerprint density at radius 1 is 1.09 bits per heavy atom. The van der Waals surface area contributed by atoms with Crippen LogP contribution in [0.2, 0.25) is 0 Å². The van der Waals surface area contributed by atoms with Crippen LogP contribution < -0.4 is 10.1 Å². The summed E-state index contributed by atoms with van der Waals surface area (Å²) >= 11 is 1.18. The molecule has 0 aliphatic heterocycles. The van der Waals surface area contributed by atoms with Crippen LogP contribution in [0, 0.1) is 0 Å². The number of rotatable bonds is 8. The number of thiophene rings is 1. The molecule has 0 unspecified atom stereocenters. The number of ether oxygens (including phenoxy) is 2. The fraction of sp³-hybridized carbons (Fsp3) is 0.217. The minimum Gasteiger partial charge on any atom is -0.497 e. The van der Waals surface area contributed by atoms with E-state index < -0.39 is 21.9 Å². The van der Waals surface area contributed by atoms with Crippen molar-refractivity contribution in [1.82, 2.24) is 4.31 Å². The van der Waals surface area contributed by atoms with Gasteiger partial charge in [-0.05, 0) is 42.8 Å². The summed E-state index contributed by atoms with van der Waals surface area (Å²) in [4.78, 5) is 25.7. The van der Waals surface area contributed by atoms with Crippen LogP contribution in [0.1, 0.15) is 27.6 Å². The van der Waals surface area contributed by atoms with Crippen molar-refractivity contribution in [2.75, 3.05) is 33.1 Å². The number of nitrogens with one attached hydrogen (secondary N) is 1. The lowest BCUT2D eigenvalue weighted by atomic mass is 10.0. The monoisotopic (exact) mass is 488 g/mol. The van der Waals surface area contributed by atoms with Gasteiger partial charge in [0, 0.05) is 30.6 Å². The van der Waals surface area contributed by atoms with Crippen molar-refractivity contribution < 1.29 is 27.5 Å². The second kappa shape index (κ2) is 10.2. The number of carbonyl (C=O) groups is 2. The zero-order valence-electron chi connectivity index (χ0n) is 18.6. The molecule has 0 aliphatic carbocycles. The first-order chi connectivity index (χ1) is 15.7. The largest absolute Gasteiger partial charge is 0.497 e. The van der Waals surface area contributed by atoms with Gasteiger partial charge in [-0.25, -0.2) is 17.5 Å². The van der Waals surface area contributed by atoms with E-state index >= 15 is 0 Å². The van der Waals surface area contributed by atoms with Crippen LogP contribution in [-0.2, 0) is 14.8 Å². The molecule has 1 aromatic heterocycles. The Kier molecular flexibility index (Phi) is 7.52. The highest BCUT2D eigenvalue weighted by Gasteiger charge is 2.24. The lowest BCUT2D eigenvalue weighted by Gasteiger charge is -2.12. The van der Waals surface area contributed by atoms with Crippen LogP contribution in [-0.4, -0.2) is 52.4 Å². The standard InChI is InChI=1S/C23H24N2O6S2/c1-5-31-23(27)20-19(15-9-11-17(30-4)12-10-15)14-32-22(20)24-21(26)16-7-6-8-18(13-16)33(28,29)25(2)3/h6-14H,5H2,1-4H3,(H,24,26). The maximum absolute atomic E-state index is 12.9. The van der Waals surface area contributed by atoms with E-state index in [0.717, 1.165) is 9.87 Å². The molecule has 1 heterocycles. The number of amides is 1. The summed E-state index contributed by atoms with van der Waals surface area (Å²) in [5.74, 6) is -0.434. The molecule has 0 saturated carbocycles. The van der Waals surface area contributed by atoms with E-state index in [-0.39, 0.29) is 22.6 Å². The molecule has 33 heavy (non-hydrogen) atoms. The van der Waals surface area contributed by atoms with Gasteiger partial charge in [0.1, 0.15) is 16.3 Å². The quantitative estimate of drug-likeness (QED) is 0.479. The Hall–Kier alpha value is -3.21. The number of hydrogen-bond donors (Lipinski definition) is 1. The first-order valence-corrected chi connectivity index (χ1v) is 12.3. The van der Waals surface area contributed by atoms with Gasteiger partial charge in [-0.15, -0.1) is 11.3 Å². The number of esters is 1. The highest BCUT2D eigenvalue weighted by Crippen LogP contribution is 2.37. The van der Waals surface area contributed by atoms with Gasteiger partial charge >= 0.3 is 5.97 Å². The second-order valence-corrected chi connectivity index (χ2v) is 10.1. The number of anilines is 1. The Morgan fingerprint density at radius 2 is 1.79 bits per heavy atom. The van der Waals surface area contributed by atoms with Gasteiger partial charge in [0.25, 0.3) is 5.91 Å². The van der Waals surface area contributed by atoms with Crippen LogP contribution in [0.3, 0.4) is 0 Å². The minimum absolute atomic E-state index is 0.00383. The van der Waals surface area contributed by atoms with Gasteiger partial charge < -0.3 is 14.8 Å². The number of benzene rings is 2. The fourth-order valence-corrected chi connectivity index (χ4v) is 4.92. The number of methoxy groups -OCH3 is 1. The fourth-order valence-electron chi connectivity index (χ4n) is 3.02. The summed E-state index contributed by atoms with van der Waals surface area (Å²) in [6, 6.07) is 12.9. The summed E-state index contributed by atoms with van der Waals surface area (Å²) in [5.41, 5.74) is 1.75. The number of nitrogens with zero attached hydrogens (tertiary/aromatic N) is 1. The third kappa shape index (κ3) is 5.24. The molecule has 0 atom stereocenters. The molecule has 2 aromatic carbocycles. The average molecular weight is 489 g/mol. The first kappa shape index (κ1) is 24.4. The van der Waals surface area contributed by atoms with Crippen LogP contribution in [0.4, 0.5) is 5.00 Å². The molecule has 1 N–H and O–H groups in total. The van der Waals surface area contributed by atoms with E-state index in [4.69, 9.17) is 9.47 Å². The summed E-state index contributed by atoms with van der Waals surface area (Å²) in [7, 11) is 0.698. The third-order valence-electron chi connectivity index (χ3n) is 4.77. The lowest BCUT2D eigenvalue weighted by Crippen LogP contribution is -2.23. The maximum atomic E-state index is 12.9. The van der Waals surface area contributed by atoms with Gasteiger partial charge in [0.05, 0.1) is 18.6 Å². The molecular formula is C23H24N2O6S2. The molecule has 174 valence electrons. The van der Waals surface area contributed by atoms with Gasteiger partial charge in [-0.2, -0.15) is 0 Å². The van der Waals surface area contributed by atoms with E-state index in [0.29, 0.717) is 16.3 Å². The molecule has 0 fully saturated rings. The van der Waals surface area contributed by atoms with E-state index in [9.17, 15) is 18.0 Å². The van der Waals surface area contributed by atoms with Gasteiger partial charge in [0.15, 0.2) is 0 Å². The number of hydrogen-bond acceptors (Lipinski definition) is 7. The Labute approximate surface area is 196 Å². The van der Waals surface area contributed by atoms with Crippen molar-refractivity contribution in [2.24, 2.45) is 0 Å². The molecule has 10 heteroatoms. The molecule has 0 radical (unpaired) electrons. The minimum atomic E-state index is -3.70. The third-order valence-corrected chi connectivity index (χ3v) is 7.48. The van der Waals surface area contributed by atoms with Crippen LogP contribution in [0.25, 0.3) is 11.1 Å². The number of carbonyl (C=O) groups excluding carboxylic acids is 2. The van der Waals surface area contributed by atoms with Crippen LogP contribution in [0.15, 0.2) is 58.8 Å². The lowest BCUT2D eigenvalue weighted by molar-refractivity contribution is 0.0529. The summed E-state index contributed by atoms with van der Waals surface area (Å²) in [5, 5.41) is 4.80. The van der Waals surface area contributed by atoms with Gasteiger partial charge in [-0.1, -0.05) is 18.2 Å². The van der Waals surface area contributed by atoms with Crippen LogP contribution in [0.5, 0.6) is 5.75 Å². The smallest absolute Gasteiger partial charge is 0.341 e. The summed E-state index contributed by atoms with van der Waals surface area (Å²) in [6.07, 6.45) is 0. The van der Waals surface area contributed by atoms with Crippen molar-refractivity contribution in [3.8, 4) is 16.9 Å². The first-order valence-electron chi connectivity index (χ1n) is 9.96. The normalized spacial score (nSPS) is 11.3. The highest BCUT2D eigenvalue weighted by molar-refractivity contribution is 7.89. The Bertz CT molecular complexity index is 1260. The molecule has 8 nitrogen and oxygen atoms in total. The zero-order chi connectivity index (χ0) is 24.2. The van der Waals surface area contributed by atoms with E-state index in [1.807, 2.05) is 12.1 Å². The Balaban J connectivity index is 1.97. The molecule has 0 aliphatic rings. The maximum Gasteiger partial charge on any atom is 0.341 e.